The van der Waals surface area contributed by atoms with E-state index in [4.69, 9.17) is 22.2 Å². The molecule has 1 fully saturated rings. The maximum absolute atomic E-state index is 12.0. The molecule has 27 heavy (non-hydrogen) atoms. The molecular weight excluding hydrogens is 366 g/mol. The van der Waals surface area contributed by atoms with Gasteiger partial charge in [0.1, 0.15) is 5.60 Å². The summed E-state index contributed by atoms with van der Waals surface area (Å²) in [7, 11) is 0. The van der Waals surface area contributed by atoms with Gasteiger partial charge in [0, 0.05) is 24.7 Å². The van der Waals surface area contributed by atoms with Crippen LogP contribution in [0.15, 0.2) is 59.8 Å². The predicted molar refractivity (Wildman–Crippen MR) is 104 cm³/mol. The highest BCUT2D eigenvalue weighted by atomic mass is 35.5. The van der Waals surface area contributed by atoms with Gasteiger partial charge in [0.05, 0.1) is 5.56 Å². The molecule has 2 aromatic rings. The van der Waals surface area contributed by atoms with Crippen LogP contribution in [0.2, 0.25) is 5.02 Å². The second-order valence-corrected chi connectivity index (χ2v) is 7.09. The SMILES string of the molecule is N/C(=N/OC(=O)c1ccc(Cl)cc1)C1(O)CCN(Cc2ccccc2)CC1. The third-order valence-corrected chi connectivity index (χ3v) is 4.97. The minimum absolute atomic E-state index is 0.0795. The minimum atomic E-state index is -1.27. The number of nitrogens with two attached hydrogens (primary N) is 1. The summed E-state index contributed by atoms with van der Waals surface area (Å²) in [5.41, 5.74) is 6.17. The first-order chi connectivity index (χ1) is 13.0. The number of hydrogen-bond acceptors (Lipinski definition) is 5. The summed E-state index contributed by atoms with van der Waals surface area (Å²) >= 11 is 5.79. The number of rotatable bonds is 5. The molecule has 2 aromatic carbocycles. The molecule has 6 nitrogen and oxygen atoms in total. The predicted octanol–water partition coefficient (Wildman–Crippen LogP) is 2.80. The van der Waals surface area contributed by atoms with Crippen molar-refractivity contribution in [1.82, 2.24) is 4.90 Å². The summed E-state index contributed by atoms with van der Waals surface area (Å²) in [6, 6.07) is 16.4. The Morgan fingerprint density at radius 3 is 2.41 bits per heavy atom. The van der Waals surface area contributed by atoms with Crippen LogP contribution in [0.3, 0.4) is 0 Å². The highest BCUT2D eigenvalue weighted by molar-refractivity contribution is 6.30. The smallest absolute Gasteiger partial charge is 0.365 e. The van der Waals surface area contributed by atoms with Crippen molar-refractivity contribution in [3.63, 3.8) is 0 Å². The van der Waals surface area contributed by atoms with Gasteiger partial charge in [0.2, 0.25) is 0 Å². The van der Waals surface area contributed by atoms with Gasteiger partial charge in [-0.3, -0.25) is 4.90 Å². The van der Waals surface area contributed by atoms with E-state index in [0.717, 1.165) is 6.54 Å². The summed E-state index contributed by atoms with van der Waals surface area (Å²) < 4.78 is 0. The van der Waals surface area contributed by atoms with Gasteiger partial charge in [-0.25, -0.2) is 4.79 Å². The molecule has 0 aliphatic carbocycles. The van der Waals surface area contributed by atoms with Crippen molar-refractivity contribution in [2.24, 2.45) is 10.9 Å². The van der Waals surface area contributed by atoms with Crippen molar-refractivity contribution in [2.45, 2.75) is 25.0 Å². The van der Waals surface area contributed by atoms with E-state index in [1.807, 2.05) is 18.2 Å². The van der Waals surface area contributed by atoms with Crippen LogP contribution in [0.25, 0.3) is 0 Å². The molecular formula is C20H22ClN3O3. The van der Waals surface area contributed by atoms with E-state index in [2.05, 4.69) is 22.2 Å². The summed E-state index contributed by atoms with van der Waals surface area (Å²) in [5.74, 6) is -0.732. The summed E-state index contributed by atoms with van der Waals surface area (Å²) in [6.07, 6.45) is 0.849. The molecule has 0 amide bonds. The molecule has 0 atom stereocenters. The second-order valence-electron chi connectivity index (χ2n) is 6.66. The number of oxime groups is 1. The van der Waals surface area contributed by atoms with E-state index in [9.17, 15) is 9.90 Å². The van der Waals surface area contributed by atoms with Crippen LogP contribution in [-0.2, 0) is 11.4 Å². The molecule has 0 bridgehead atoms. The van der Waals surface area contributed by atoms with Crippen molar-refractivity contribution < 1.29 is 14.7 Å². The van der Waals surface area contributed by atoms with Gasteiger partial charge in [-0.1, -0.05) is 47.1 Å². The fourth-order valence-electron chi connectivity index (χ4n) is 2.99. The lowest BCUT2D eigenvalue weighted by atomic mass is 9.90. The average molecular weight is 388 g/mol. The number of likely N-dealkylation sites (tertiary alicyclic amines) is 1. The summed E-state index contributed by atoms with van der Waals surface area (Å²) in [5, 5.41) is 14.9. The molecule has 142 valence electrons. The van der Waals surface area contributed by atoms with Gasteiger partial charge in [0.25, 0.3) is 0 Å². The van der Waals surface area contributed by atoms with Crippen molar-refractivity contribution in [3.05, 3.63) is 70.7 Å². The Morgan fingerprint density at radius 1 is 1.15 bits per heavy atom. The van der Waals surface area contributed by atoms with Gasteiger partial charge in [-0.15, -0.1) is 0 Å². The van der Waals surface area contributed by atoms with Crippen LogP contribution in [0, 0.1) is 0 Å². The Morgan fingerprint density at radius 2 is 1.78 bits per heavy atom. The van der Waals surface area contributed by atoms with E-state index in [0.29, 0.717) is 36.5 Å². The van der Waals surface area contributed by atoms with Crippen molar-refractivity contribution in [2.75, 3.05) is 13.1 Å². The lowest BCUT2D eigenvalue weighted by Gasteiger charge is -2.37. The quantitative estimate of drug-likeness (QED) is 0.356. The highest BCUT2D eigenvalue weighted by Gasteiger charge is 2.36. The molecule has 0 radical (unpaired) electrons. The zero-order chi connectivity index (χ0) is 19.3. The Hall–Kier alpha value is -2.41. The van der Waals surface area contributed by atoms with Crippen molar-refractivity contribution in [1.29, 1.82) is 0 Å². The molecule has 3 rings (SSSR count). The van der Waals surface area contributed by atoms with Crippen LogP contribution in [-0.4, -0.2) is 40.5 Å². The monoisotopic (exact) mass is 387 g/mol. The van der Waals surface area contributed by atoms with E-state index < -0.39 is 11.6 Å². The van der Waals surface area contributed by atoms with Crippen LogP contribution in [0.5, 0.6) is 0 Å². The fraction of sp³-hybridized carbons (Fsp3) is 0.300. The zero-order valence-electron chi connectivity index (χ0n) is 14.8. The first-order valence-electron chi connectivity index (χ1n) is 8.76. The standard InChI is InChI=1S/C20H22ClN3O3/c21-17-8-6-16(7-9-17)18(25)27-23-19(22)20(26)10-12-24(13-11-20)14-15-4-2-1-3-5-15/h1-9,26H,10-14H2,(H2,22,23). The first kappa shape index (κ1) is 19.4. The van der Waals surface area contributed by atoms with Crippen molar-refractivity contribution >= 4 is 23.4 Å². The van der Waals surface area contributed by atoms with Crippen LogP contribution in [0.4, 0.5) is 0 Å². The molecule has 1 heterocycles. The summed E-state index contributed by atoms with van der Waals surface area (Å²) in [6.45, 7) is 2.17. The molecule has 1 aliphatic rings. The van der Waals surface area contributed by atoms with E-state index in [1.165, 1.54) is 17.7 Å². The van der Waals surface area contributed by atoms with E-state index in [1.54, 1.807) is 12.1 Å². The topological polar surface area (TPSA) is 88.2 Å². The molecule has 1 saturated heterocycles. The molecule has 0 aromatic heterocycles. The highest BCUT2D eigenvalue weighted by Crippen LogP contribution is 2.24. The van der Waals surface area contributed by atoms with Crippen LogP contribution < -0.4 is 5.73 Å². The normalized spacial score (nSPS) is 17.5. The number of hydrogen-bond donors (Lipinski definition) is 2. The fourth-order valence-corrected chi connectivity index (χ4v) is 3.12. The minimum Gasteiger partial charge on any atom is -0.382 e. The second kappa shape index (κ2) is 8.52. The molecule has 7 heteroatoms. The van der Waals surface area contributed by atoms with Gasteiger partial charge in [-0.2, -0.15) is 0 Å². The van der Waals surface area contributed by atoms with Crippen LogP contribution >= 0.6 is 11.6 Å². The number of nitrogens with zero attached hydrogens (tertiary/aromatic N) is 2. The number of piperidine rings is 1. The average Bonchev–Trinajstić information content (AvgIpc) is 2.69. The molecule has 3 N–H and O–H groups in total. The lowest BCUT2D eigenvalue weighted by Crippen LogP contribution is -2.52. The number of carbonyl (C=O) groups is 1. The number of amidine groups is 1. The Balaban J connectivity index is 1.55. The molecule has 0 spiro atoms. The number of aliphatic hydroxyl groups is 1. The lowest BCUT2D eigenvalue weighted by molar-refractivity contribution is 0.0258. The van der Waals surface area contributed by atoms with Crippen LogP contribution in [0.1, 0.15) is 28.8 Å². The number of halogens is 1. The van der Waals surface area contributed by atoms with Crippen molar-refractivity contribution in [3.8, 4) is 0 Å². The molecule has 1 aliphatic heterocycles. The molecule has 0 unspecified atom stereocenters. The largest absolute Gasteiger partial charge is 0.382 e. The third kappa shape index (κ3) is 5.07. The zero-order valence-corrected chi connectivity index (χ0v) is 15.6. The Kier molecular flexibility index (Phi) is 6.11. The third-order valence-electron chi connectivity index (χ3n) is 4.72. The van der Waals surface area contributed by atoms with Gasteiger partial charge in [0.15, 0.2) is 5.84 Å². The van der Waals surface area contributed by atoms with E-state index >= 15 is 0 Å². The number of benzene rings is 2. The van der Waals surface area contributed by atoms with Gasteiger partial charge in [-0.05, 0) is 42.7 Å². The maximum Gasteiger partial charge on any atom is 0.365 e. The van der Waals surface area contributed by atoms with Gasteiger partial charge < -0.3 is 15.7 Å². The Bertz CT molecular complexity index is 801. The maximum atomic E-state index is 12.0. The van der Waals surface area contributed by atoms with E-state index in [-0.39, 0.29) is 5.84 Å². The Labute approximate surface area is 163 Å². The van der Waals surface area contributed by atoms with Gasteiger partial charge >= 0.3 is 5.97 Å². The molecule has 0 saturated carbocycles. The first-order valence-corrected chi connectivity index (χ1v) is 9.14. The summed E-state index contributed by atoms with van der Waals surface area (Å²) in [4.78, 5) is 19.1. The number of carbonyl (C=O) groups excluding carboxylic acids is 1.